The molecule has 14 nitrogen and oxygen atoms in total. The van der Waals surface area contributed by atoms with Gasteiger partial charge in [-0.25, -0.2) is 28.8 Å². The Morgan fingerprint density at radius 3 is 1.12 bits per heavy atom. The van der Waals surface area contributed by atoms with E-state index in [0.29, 0.717) is 35.5 Å². The lowest BCUT2D eigenvalue weighted by Crippen LogP contribution is -2.16. The molecule has 0 aromatic heterocycles. The molecule has 0 aliphatic heterocycles. The molecule has 12 N–H and O–H groups in total. The highest BCUT2D eigenvalue weighted by atomic mass is 16.6. The maximum atomic E-state index is 12.8. The van der Waals surface area contributed by atoms with E-state index >= 15 is 0 Å². The fourth-order valence-electron chi connectivity index (χ4n) is 4.76. The van der Waals surface area contributed by atoms with Gasteiger partial charge in [0, 0.05) is 0 Å². The van der Waals surface area contributed by atoms with E-state index in [1.165, 1.54) is 54.6 Å². The summed E-state index contributed by atoms with van der Waals surface area (Å²) in [7, 11) is 0. The van der Waals surface area contributed by atoms with Crippen LogP contribution in [-0.4, -0.2) is 49.0 Å². The molecular formula is C38H54N4O10. The summed E-state index contributed by atoms with van der Waals surface area (Å²) in [6.45, 7) is 8.08. The molecule has 3 aromatic rings. The Morgan fingerprint density at radius 2 is 0.788 bits per heavy atom. The highest BCUT2D eigenvalue weighted by Crippen LogP contribution is 2.18. The molecule has 0 amide bonds. The van der Waals surface area contributed by atoms with E-state index in [-0.39, 0.29) is 46.9 Å². The molecule has 0 radical (unpaired) electrons. The minimum Gasteiger partial charge on any atom is -0.462 e. The van der Waals surface area contributed by atoms with Crippen molar-refractivity contribution in [1.29, 1.82) is 0 Å². The van der Waals surface area contributed by atoms with Crippen LogP contribution in [0.5, 0.6) is 0 Å². The van der Waals surface area contributed by atoms with Crippen LogP contribution >= 0.6 is 0 Å². The minimum absolute atomic E-state index is 0. The quantitative estimate of drug-likeness (QED) is 0.0466. The Hall–Kier alpha value is -5.28. The smallest absolute Gasteiger partial charge is 0.346 e. The number of carbonyl (C=O) groups excluding carboxylic acids is 6. The average molecular weight is 727 g/mol. The fraction of sp³-hybridized carbons (Fsp3) is 0.368. The number of hydrogen-bond acceptors (Lipinski definition) is 14. The first-order valence-corrected chi connectivity index (χ1v) is 16.2. The zero-order chi connectivity index (χ0) is 35.1. The summed E-state index contributed by atoms with van der Waals surface area (Å²) < 4.78 is 20.6. The second kappa shape index (κ2) is 24.8. The van der Waals surface area contributed by atoms with Crippen molar-refractivity contribution in [1.82, 2.24) is 24.6 Å². The Morgan fingerprint density at radius 1 is 0.442 bits per heavy atom. The third kappa shape index (κ3) is 14.5. The van der Waals surface area contributed by atoms with Gasteiger partial charge in [0.1, 0.15) is 0 Å². The number of esters is 6. The largest absolute Gasteiger partial charge is 0.462 e. The Balaban J connectivity index is 0. The monoisotopic (exact) mass is 726 g/mol. The summed E-state index contributed by atoms with van der Waals surface area (Å²) >= 11 is 0. The van der Waals surface area contributed by atoms with Crippen molar-refractivity contribution in [2.45, 2.75) is 79.1 Å². The molecule has 52 heavy (non-hydrogen) atoms. The van der Waals surface area contributed by atoms with Gasteiger partial charge in [-0.05, 0) is 92.4 Å². The zero-order valence-electron chi connectivity index (χ0n) is 30.8. The van der Waals surface area contributed by atoms with Crippen LogP contribution in [-0.2, 0) is 18.9 Å². The Bertz CT molecular complexity index is 1540. The van der Waals surface area contributed by atoms with E-state index in [1.54, 1.807) is 13.8 Å². The van der Waals surface area contributed by atoms with Crippen LogP contribution in [0.3, 0.4) is 0 Å². The summed E-state index contributed by atoms with van der Waals surface area (Å²) in [4.78, 5) is 75.8. The molecule has 0 saturated heterocycles. The van der Waals surface area contributed by atoms with Crippen molar-refractivity contribution in [3.8, 4) is 0 Å². The van der Waals surface area contributed by atoms with Crippen LogP contribution in [0.1, 0.15) is 138 Å². The minimum atomic E-state index is -1.03. The van der Waals surface area contributed by atoms with E-state index in [9.17, 15) is 28.8 Å². The van der Waals surface area contributed by atoms with Crippen LogP contribution in [0.2, 0.25) is 0 Å². The van der Waals surface area contributed by atoms with E-state index in [2.05, 4.69) is 13.8 Å². The molecule has 0 heterocycles. The number of unbranched alkanes of at least 4 members (excludes halogenated alkanes) is 6. The second-order valence-corrected chi connectivity index (χ2v) is 11.4. The SMILES string of the molecule is CCCCCCOC(=O)c1ccc(C(=O)OC(=O)c2cccc(C(=O)OC(=O)c3ccc(C(=O)OCCCCCC)c(C)c3)c2)cc1C.N.N.N.N. The molecule has 0 fully saturated rings. The molecule has 286 valence electrons. The third-order valence-electron chi connectivity index (χ3n) is 7.53. The van der Waals surface area contributed by atoms with Gasteiger partial charge in [0.25, 0.3) is 0 Å². The summed E-state index contributed by atoms with van der Waals surface area (Å²) in [6, 6.07) is 13.6. The highest BCUT2D eigenvalue weighted by molar-refractivity contribution is 6.06. The lowest BCUT2D eigenvalue weighted by molar-refractivity contribution is 0.0386. The van der Waals surface area contributed by atoms with Crippen molar-refractivity contribution >= 4 is 35.8 Å². The summed E-state index contributed by atoms with van der Waals surface area (Å²) in [5.74, 6) is -4.96. The first-order chi connectivity index (χ1) is 23.0. The topological polar surface area (TPSA) is 279 Å². The molecular weight excluding hydrogens is 672 g/mol. The molecule has 0 atom stereocenters. The number of benzene rings is 3. The maximum Gasteiger partial charge on any atom is 0.346 e. The van der Waals surface area contributed by atoms with Crippen molar-refractivity contribution in [2.75, 3.05) is 13.2 Å². The maximum absolute atomic E-state index is 12.8. The lowest BCUT2D eigenvalue weighted by atomic mass is 10.1. The standard InChI is InChI=1S/C38H42O10.4H3N/c1-5-7-9-11-20-45-37(43)31-18-16-29(22-25(31)3)35(41)47-33(39)27-14-13-15-28(24-27)34(40)48-36(42)30-17-19-32(26(4)23-30)38(44)46-21-12-10-8-6-2;;;;/h13-19,22-24H,5-12,20-21H2,1-4H3;4*1H3. The molecule has 3 aromatic carbocycles. The molecule has 0 unspecified atom stereocenters. The van der Waals surface area contributed by atoms with Gasteiger partial charge in [0.2, 0.25) is 0 Å². The van der Waals surface area contributed by atoms with Crippen LogP contribution in [0.25, 0.3) is 0 Å². The molecule has 0 spiro atoms. The van der Waals surface area contributed by atoms with E-state index in [4.69, 9.17) is 18.9 Å². The zero-order valence-corrected chi connectivity index (χ0v) is 30.8. The molecule has 0 saturated carbocycles. The predicted molar refractivity (Wildman–Crippen MR) is 197 cm³/mol. The molecule has 14 heteroatoms. The van der Waals surface area contributed by atoms with Crippen molar-refractivity contribution in [3.63, 3.8) is 0 Å². The second-order valence-electron chi connectivity index (χ2n) is 11.4. The summed E-state index contributed by atoms with van der Waals surface area (Å²) in [6.07, 6.45) is 7.76. The van der Waals surface area contributed by atoms with E-state index in [0.717, 1.165) is 57.4 Å². The average Bonchev–Trinajstić information content (AvgIpc) is 3.07. The van der Waals surface area contributed by atoms with Crippen LogP contribution in [0, 0.1) is 13.8 Å². The van der Waals surface area contributed by atoms with Gasteiger partial charge in [0.15, 0.2) is 0 Å². The first-order valence-electron chi connectivity index (χ1n) is 16.2. The van der Waals surface area contributed by atoms with Gasteiger partial charge in [-0.3, -0.25) is 0 Å². The van der Waals surface area contributed by atoms with Crippen molar-refractivity contribution in [3.05, 3.63) is 105 Å². The van der Waals surface area contributed by atoms with Crippen LogP contribution < -0.4 is 24.6 Å². The molecule has 3 rings (SSSR count). The number of hydrogen-bond donors (Lipinski definition) is 4. The molecule has 0 bridgehead atoms. The Labute approximate surface area is 305 Å². The van der Waals surface area contributed by atoms with E-state index < -0.39 is 35.8 Å². The van der Waals surface area contributed by atoms with Gasteiger partial charge in [-0.2, -0.15) is 0 Å². The van der Waals surface area contributed by atoms with Gasteiger partial charge in [-0.15, -0.1) is 0 Å². The van der Waals surface area contributed by atoms with Crippen molar-refractivity contribution in [2.24, 2.45) is 0 Å². The number of rotatable bonds is 16. The van der Waals surface area contributed by atoms with Crippen molar-refractivity contribution < 1.29 is 47.7 Å². The normalized spacial score (nSPS) is 9.77. The predicted octanol–water partition coefficient (Wildman–Crippen LogP) is 8.42. The Kier molecular flexibility index (Phi) is 23.3. The molecule has 0 aliphatic rings. The highest BCUT2D eigenvalue weighted by Gasteiger charge is 2.21. The number of aryl methyl sites for hydroxylation is 2. The first kappa shape index (κ1) is 48.8. The number of ether oxygens (including phenoxy) is 4. The summed E-state index contributed by atoms with van der Waals surface area (Å²) in [5, 5.41) is 0. The van der Waals surface area contributed by atoms with Crippen LogP contribution in [0.15, 0.2) is 60.7 Å². The van der Waals surface area contributed by atoms with E-state index in [1.807, 2.05) is 0 Å². The van der Waals surface area contributed by atoms with Gasteiger partial charge in [0.05, 0.1) is 46.6 Å². The van der Waals surface area contributed by atoms with Gasteiger partial charge in [-0.1, -0.05) is 58.4 Å². The van der Waals surface area contributed by atoms with Crippen LogP contribution in [0.4, 0.5) is 0 Å². The summed E-state index contributed by atoms with van der Waals surface area (Å²) in [5.41, 5.74) is 1.40. The lowest BCUT2D eigenvalue weighted by Gasteiger charge is -2.10. The van der Waals surface area contributed by atoms with Gasteiger partial charge >= 0.3 is 35.8 Å². The fourth-order valence-corrected chi connectivity index (χ4v) is 4.76. The van der Waals surface area contributed by atoms with Gasteiger partial charge < -0.3 is 43.5 Å². The molecule has 0 aliphatic carbocycles. The number of carbonyl (C=O) groups is 6. The third-order valence-corrected chi connectivity index (χ3v) is 7.53.